The Balaban J connectivity index is 1.54. The minimum absolute atomic E-state index is 0.108. The number of anilines is 3. The number of aromatic hydroxyl groups is 1. The molecular weight excluding hydrogens is 449 g/mol. The zero-order chi connectivity index (χ0) is 22.2. The molecule has 0 atom stereocenters. The number of pyridine rings is 2. The Morgan fingerprint density at radius 1 is 1.12 bits per heavy atom. The summed E-state index contributed by atoms with van der Waals surface area (Å²) in [5, 5.41) is 18.5. The van der Waals surface area contributed by atoms with Crippen LogP contribution in [-0.4, -0.2) is 27.7 Å². The number of amides is 1. The molecule has 0 bridgehead atoms. The van der Waals surface area contributed by atoms with Gasteiger partial charge in [-0.15, -0.1) is 0 Å². The van der Waals surface area contributed by atoms with Gasteiger partial charge < -0.3 is 20.6 Å². The van der Waals surface area contributed by atoms with Gasteiger partial charge >= 0.3 is 0 Å². The zero-order valence-electron chi connectivity index (χ0n) is 16.6. The Morgan fingerprint density at radius 2 is 1.91 bits per heavy atom. The molecule has 1 aliphatic rings. The molecule has 3 heterocycles. The third-order valence-corrected chi connectivity index (χ3v) is 5.62. The first-order valence-corrected chi connectivity index (χ1v) is 10.6. The molecule has 0 saturated heterocycles. The lowest BCUT2D eigenvalue weighted by molar-refractivity contribution is 0.0943. The molecule has 32 heavy (non-hydrogen) atoms. The van der Waals surface area contributed by atoms with Crippen LogP contribution in [0.15, 0.2) is 60.8 Å². The molecule has 1 amide bonds. The molecule has 0 unspecified atom stereocenters. The maximum atomic E-state index is 13.0. The van der Waals surface area contributed by atoms with Gasteiger partial charge in [0.1, 0.15) is 11.3 Å². The molecule has 7 nitrogen and oxygen atoms in total. The molecular formula is C23H17Cl2N5O2. The summed E-state index contributed by atoms with van der Waals surface area (Å²) < 4.78 is 0. The van der Waals surface area contributed by atoms with Gasteiger partial charge in [0.15, 0.2) is 11.4 Å². The van der Waals surface area contributed by atoms with Crippen molar-refractivity contribution in [1.29, 1.82) is 0 Å². The third-order valence-electron chi connectivity index (χ3n) is 5.18. The quantitative estimate of drug-likeness (QED) is 0.388. The second-order valence-corrected chi connectivity index (χ2v) is 8.15. The van der Waals surface area contributed by atoms with Crippen molar-refractivity contribution < 1.29 is 9.90 Å². The van der Waals surface area contributed by atoms with Gasteiger partial charge in [-0.25, -0.2) is 4.98 Å². The number of hydrogen-bond donors (Lipinski definition) is 3. The fourth-order valence-corrected chi connectivity index (χ4v) is 4.32. The van der Waals surface area contributed by atoms with Gasteiger partial charge in [0.25, 0.3) is 5.91 Å². The smallest absolute Gasteiger partial charge is 0.274 e. The number of benzene rings is 2. The number of fused-ring (bicyclic) bond motifs is 2. The van der Waals surface area contributed by atoms with E-state index < -0.39 is 5.91 Å². The lowest BCUT2D eigenvalue weighted by Gasteiger charge is -2.20. The molecule has 2 aromatic carbocycles. The number of para-hydroxylation sites is 2. The van der Waals surface area contributed by atoms with E-state index >= 15 is 0 Å². The number of halogens is 2. The summed E-state index contributed by atoms with van der Waals surface area (Å²) in [6.07, 6.45) is 1.57. The number of carbonyl (C=O) groups excluding carboxylic acids is 1. The first-order chi connectivity index (χ1) is 15.5. The highest BCUT2D eigenvalue weighted by molar-refractivity contribution is 6.34. The van der Waals surface area contributed by atoms with Crippen LogP contribution in [0.2, 0.25) is 10.0 Å². The van der Waals surface area contributed by atoms with Crippen LogP contribution in [0.3, 0.4) is 0 Å². The summed E-state index contributed by atoms with van der Waals surface area (Å²) in [5.41, 5.74) is 2.81. The average Bonchev–Trinajstić information content (AvgIpc) is 3.21. The number of rotatable bonds is 4. The van der Waals surface area contributed by atoms with Crippen molar-refractivity contribution in [2.45, 2.75) is 6.54 Å². The van der Waals surface area contributed by atoms with Crippen molar-refractivity contribution in [3.63, 3.8) is 0 Å². The fourth-order valence-electron chi connectivity index (χ4n) is 3.75. The largest absolute Gasteiger partial charge is 0.504 e. The standard InChI is InChI=1S/C23H17Cl2N5O2/c24-14-8-13(9-15(25)10-14)11-27-23(32)20-21(31)19-16(4-3-7-26-19)22(29-20)30-12-28-17-5-1-2-6-18(17)30/h1-10,28,31H,11-12H2,(H,27,32). The van der Waals surface area contributed by atoms with Crippen LogP contribution in [0, 0.1) is 0 Å². The van der Waals surface area contributed by atoms with E-state index in [1.165, 1.54) is 0 Å². The summed E-state index contributed by atoms with van der Waals surface area (Å²) in [6, 6.07) is 16.4. The molecule has 0 saturated carbocycles. The van der Waals surface area contributed by atoms with Crippen molar-refractivity contribution in [2.75, 3.05) is 16.9 Å². The Kier molecular flexibility index (Phi) is 5.20. The van der Waals surface area contributed by atoms with Crippen LogP contribution in [0.5, 0.6) is 5.75 Å². The van der Waals surface area contributed by atoms with Gasteiger partial charge in [-0.2, -0.15) is 0 Å². The SMILES string of the molecule is O=C(NCc1cc(Cl)cc(Cl)c1)c1nc(N2CNc3ccccc32)c2cccnc2c1O. The van der Waals surface area contributed by atoms with E-state index in [1.807, 2.05) is 35.2 Å². The minimum Gasteiger partial charge on any atom is -0.504 e. The minimum atomic E-state index is -0.534. The van der Waals surface area contributed by atoms with E-state index in [1.54, 1.807) is 30.5 Å². The highest BCUT2D eigenvalue weighted by Gasteiger charge is 2.27. The number of nitrogens with one attached hydrogen (secondary N) is 2. The summed E-state index contributed by atoms with van der Waals surface area (Å²) in [7, 11) is 0. The Labute approximate surface area is 193 Å². The summed E-state index contributed by atoms with van der Waals surface area (Å²) in [5.74, 6) is -0.279. The summed E-state index contributed by atoms with van der Waals surface area (Å²) >= 11 is 12.1. The van der Waals surface area contributed by atoms with Crippen molar-refractivity contribution in [1.82, 2.24) is 15.3 Å². The average molecular weight is 466 g/mol. The molecule has 2 aromatic heterocycles. The predicted octanol–water partition coefficient (Wildman–Crippen LogP) is 5.09. The van der Waals surface area contributed by atoms with Crippen LogP contribution in [0.25, 0.3) is 10.9 Å². The number of nitrogens with zero attached hydrogens (tertiary/aromatic N) is 3. The van der Waals surface area contributed by atoms with Crippen LogP contribution < -0.4 is 15.5 Å². The maximum absolute atomic E-state index is 13.0. The van der Waals surface area contributed by atoms with Gasteiger partial charge in [0, 0.05) is 28.2 Å². The first kappa shape index (κ1) is 20.4. The van der Waals surface area contributed by atoms with Gasteiger partial charge in [-0.3, -0.25) is 9.78 Å². The van der Waals surface area contributed by atoms with Crippen molar-refractivity contribution >= 4 is 57.2 Å². The Morgan fingerprint density at radius 3 is 2.72 bits per heavy atom. The lowest BCUT2D eigenvalue weighted by atomic mass is 10.1. The maximum Gasteiger partial charge on any atom is 0.274 e. The number of carbonyl (C=O) groups is 1. The van der Waals surface area contributed by atoms with Crippen molar-refractivity contribution in [2.24, 2.45) is 0 Å². The van der Waals surface area contributed by atoms with Gasteiger partial charge in [-0.1, -0.05) is 35.3 Å². The summed E-state index contributed by atoms with van der Waals surface area (Å²) in [6.45, 7) is 0.646. The van der Waals surface area contributed by atoms with Gasteiger partial charge in [0.05, 0.1) is 18.0 Å². The van der Waals surface area contributed by atoms with E-state index in [2.05, 4.69) is 20.6 Å². The monoisotopic (exact) mass is 465 g/mol. The third kappa shape index (κ3) is 3.66. The van der Waals surface area contributed by atoms with E-state index in [0.29, 0.717) is 33.4 Å². The number of aromatic nitrogens is 2. The molecule has 0 radical (unpaired) electrons. The molecule has 160 valence electrons. The highest BCUT2D eigenvalue weighted by Crippen LogP contribution is 2.40. The van der Waals surface area contributed by atoms with Crippen molar-refractivity contribution in [3.05, 3.63) is 82.1 Å². The van der Waals surface area contributed by atoms with E-state index in [-0.39, 0.29) is 18.0 Å². The van der Waals surface area contributed by atoms with E-state index in [4.69, 9.17) is 23.2 Å². The summed E-state index contributed by atoms with van der Waals surface area (Å²) in [4.78, 5) is 23.8. The molecule has 0 fully saturated rings. The second-order valence-electron chi connectivity index (χ2n) is 7.27. The first-order valence-electron chi connectivity index (χ1n) is 9.82. The Hall–Kier alpha value is -3.55. The second kappa shape index (κ2) is 8.18. The van der Waals surface area contributed by atoms with Crippen LogP contribution in [0.4, 0.5) is 17.2 Å². The van der Waals surface area contributed by atoms with Gasteiger partial charge in [0.2, 0.25) is 0 Å². The molecule has 9 heteroatoms. The molecule has 4 aromatic rings. The fraction of sp³-hybridized carbons (Fsp3) is 0.0870. The molecule has 0 spiro atoms. The molecule has 1 aliphatic heterocycles. The van der Waals surface area contributed by atoms with Crippen molar-refractivity contribution in [3.8, 4) is 5.75 Å². The normalized spacial score (nSPS) is 12.5. The molecule has 5 rings (SSSR count). The Bertz CT molecular complexity index is 1340. The van der Waals surface area contributed by atoms with Gasteiger partial charge in [-0.05, 0) is 48.0 Å². The van der Waals surface area contributed by atoms with Crippen LogP contribution in [0.1, 0.15) is 16.1 Å². The topological polar surface area (TPSA) is 90.4 Å². The van der Waals surface area contributed by atoms with Crippen LogP contribution >= 0.6 is 23.2 Å². The molecule has 0 aliphatic carbocycles. The predicted molar refractivity (Wildman–Crippen MR) is 126 cm³/mol. The molecule has 3 N–H and O–H groups in total. The van der Waals surface area contributed by atoms with E-state index in [9.17, 15) is 9.90 Å². The zero-order valence-corrected chi connectivity index (χ0v) is 18.2. The highest BCUT2D eigenvalue weighted by atomic mass is 35.5. The van der Waals surface area contributed by atoms with Crippen LogP contribution in [-0.2, 0) is 6.54 Å². The van der Waals surface area contributed by atoms with E-state index in [0.717, 1.165) is 16.9 Å². The lowest BCUT2D eigenvalue weighted by Crippen LogP contribution is -2.26. The number of hydrogen-bond acceptors (Lipinski definition) is 6.